The third-order valence-corrected chi connectivity index (χ3v) is 8.14. The Morgan fingerprint density at radius 2 is 1.68 bits per heavy atom. The molecule has 0 aliphatic carbocycles. The predicted octanol–water partition coefficient (Wildman–Crippen LogP) is 5.23. The van der Waals surface area contributed by atoms with Crippen molar-refractivity contribution in [3.8, 4) is 0 Å². The Morgan fingerprint density at radius 1 is 1.12 bits per heavy atom. The van der Waals surface area contributed by atoms with Crippen molar-refractivity contribution in [1.29, 1.82) is 0 Å². The van der Waals surface area contributed by atoms with E-state index in [4.69, 9.17) is 25.6 Å². The minimum absolute atomic E-state index is 0.285. The maximum Gasteiger partial charge on any atom is 0.346 e. The highest BCUT2D eigenvalue weighted by atomic mass is 32.9. The van der Waals surface area contributed by atoms with Crippen LogP contribution in [0.4, 0.5) is 5.69 Å². The average Bonchev–Trinajstić information content (AvgIpc) is 2.55. The molecule has 1 aromatic rings. The molecule has 0 heterocycles. The maximum atomic E-state index is 12.4. The highest BCUT2D eigenvalue weighted by Gasteiger charge is 2.27. The first-order chi connectivity index (χ1) is 11.8. The van der Waals surface area contributed by atoms with E-state index < -0.39 is 11.7 Å². The number of anilines is 1. The van der Waals surface area contributed by atoms with Crippen LogP contribution in [0.15, 0.2) is 34.9 Å². The number of carbonyl (C=O) groups is 1. The number of carbonyl (C=O) groups excluding carboxylic acids is 1. The molecule has 0 atom stereocenters. The zero-order valence-electron chi connectivity index (χ0n) is 15.3. The van der Waals surface area contributed by atoms with E-state index in [1.165, 1.54) is 0 Å². The number of hydrogen-bond acceptors (Lipinski definition) is 7. The van der Waals surface area contributed by atoms with Crippen LogP contribution in [-0.2, 0) is 30.4 Å². The SMILES string of the molecule is CCOC(=O)/C(SP(=S)(OCC)OCC)=C(/C)Nc1ccc(C)cc1. The zero-order chi connectivity index (χ0) is 18.9. The first-order valence-electron chi connectivity index (χ1n) is 8.15. The molecule has 0 unspecified atom stereocenters. The first-order valence-corrected chi connectivity index (χ1v) is 12.2. The smallest absolute Gasteiger partial charge is 0.346 e. The van der Waals surface area contributed by atoms with Crippen molar-refractivity contribution in [2.75, 3.05) is 25.1 Å². The number of nitrogens with one attached hydrogen (secondary N) is 1. The molecular weight excluding hydrogens is 377 g/mol. The molecule has 8 heteroatoms. The molecule has 0 bridgehead atoms. The Kier molecular flexibility index (Phi) is 9.75. The second kappa shape index (κ2) is 11.0. The van der Waals surface area contributed by atoms with Gasteiger partial charge in [0.25, 0.3) is 5.69 Å². The summed E-state index contributed by atoms with van der Waals surface area (Å²) in [6, 6.07) is 7.90. The summed E-state index contributed by atoms with van der Waals surface area (Å²) in [6.45, 7) is 10.4. The largest absolute Gasteiger partial charge is 0.462 e. The highest BCUT2D eigenvalue weighted by Crippen LogP contribution is 2.64. The molecule has 0 fully saturated rings. The quantitative estimate of drug-likeness (QED) is 0.326. The van der Waals surface area contributed by atoms with E-state index >= 15 is 0 Å². The molecule has 5 nitrogen and oxygen atoms in total. The van der Waals surface area contributed by atoms with Crippen molar-refractivity contribution in [1.82, 2.24) is 0 Å². The van der Waals surface area contributed by atoms with Crippen LogP contribution in [0.25, 0.3) is 0 Å². The lowest BCUT2D eigenvalue weighted by atomic mass is 10.2. The third kappa shape index (κ3) is 7.50. The van der Waals surface area contributed by atoms with Crippen molar-refractivity contribution < 1.29 is 18.6 Å². The van der Waals surface area contributed by atoms with Gasteiger partial charge in [0.05, 0.1) is 19.8 Å². The lowest BCUT2D eigenvalue weighted by Crippen LogP contribution is -2.11. The number of ether oxygens (including phenoxy) is 1. The maximum absolute atomic E-state index is 12.4. The Labute approximate surface area is 159 Å². The summed E-state index contributed by atoms with van der Waals surface area (Å²) in [5, 5.41) is 3.23. The van der Waals surface area contributed by atoms with Crippen LogP contribution < -0.4 is 5.32 Å². The summed E-state index contributed by atoms with van der Waals surface area (Å²) in [6.07, 6.45) is 0. The number of benzene rings is 1. The summed E-state index contributed by atoms with van der Waals surface area (Å²) >= 11 is 6.68. The Balaban J connectivity index is 3.14. The lowest BCUT2D eigenvalue weighted by Gasteiger charge is -2.22. The van der Waals surface area contributed by atoms with Gasteiger partial charge in [-0.1, -0.05) is 17.7 Å². The van der Waals surface area contributed by atoms with Gasteiger partial charge >= 0.3 is 5.97 Å². The fourth-order valence-electron chi connectivity index (χ4n) is 1.88. The summed E-state index contributed by atoms with van der Waals surface area (Å²) < 4.78 is 16.5. The summed E-state index contributed by atoms with van der Waals surface area (Å²) in [5.41, 5.74) is 0.0290. The van der Waals surface area contributed by atoms with Crippen molar-refractivity contribution >= 4 is 40.5 Å². The number of rotatable bonds is 10. The zero-order valence-corrected chi connectivity index (χ0v) is 17.9. The highest BCUT2D eigenvalue weighted by molar-refractivity contribution is 8.69. The van der Waals surface area contributed by atoms with E-state index in [0.717, 1.165) is 22.6 Å². The minimum Gasteiger partial charge on any atom is -0.462 e. The molecule has 1 aromatic carbocycles. The molecule has 0 spiro atoms. The molecule has 1 rings (SSSR count). The number of hydrogen-bond donors (Lipinski definition) is 1. The second-order valence-corrected chi connectivity index (χ2v) is 11.2. The van der Waals surface area contributed by atoms with E-state index in [0.29, 0.717) is 23.8 Å². The Hall–Kier alpha value is -0.850. The van der Waals surface area contributed by atoms with Crippen LogP contribution in [0.1, 0.15) is 33.3 Å². The standard InChI is InChI=1S/C17H26NO4PS2/c1-6-20-17(19)16(25-23(24,21-7-2)22-8-3)14(5)18-15-11-9-13(4)10-12-15/h9-12,18H,6-8H2,1-5H3/b16-14+. The number of aryl methyl sites for hydroxylation is 1. The molecule has 0 aliphatic heterocycles. The van der Waals surface area contributed by atoms with Crippen LogP contribution in [0, 0.1) is 6.92 Å². The summed E-state index contributed by atoms with van der Waals surface area (Å²) in [4.78, 5) is 12.8. The van der Waals surface area contributed by atoms with Crippen molar-refractivity contribution in [3.63, 3.8) is 0 Å². The summed E-state index contributed by atoms with van der Waals surface area (Å²) in [7, 11) is 0. The van der Waals surface area contributed by atoms with E-state index in [1.807, 2.05) is 52.0 Å². The second-order valence-electron chi connectivity index (χ2n) is 5.04. The molecule has 0 radical (unpaired) electrons. The molecule has 1 N–H and O–H groups in total. The van der Waals surface area contributed by atoms with Gasteiger partial charge in [-0.15, -0.1) is 0 Å². The van der Waals surface area contributed by atoms with Crippen LogP contribution in [0.2, 0.25) is 0 Å². The first kappa shape index (κ1) is 22.2. The van der Waals surface area contributed by atoms with Crippen LogP contribution >= 0.6 is 17.1 Å². The van der Waals surface area contributed by atoms with Gasteiger partial charge in [-0.25, -0.2) is 4.79 Å². The van der Waals surface area contributed by atoms with E-state index in [9.17, 15) is 4.79 Å². The van der Waals surface area contributed by atoms with Crippen LogP contribution in [0.3, 0.4) is 0 Å². The topological polar surface area (TPSA) is 56.8 Å². The third-order valence-electron chi connectivity index (χ3n) is 2.96. The van der Waals surface area contributed by atoms with E-state index in [2.05, 4.69) is 5.32 Å². The molecule has 140 valence electrons. The molecule has 0 aliphatic rings. The summed E-state index contributed by atoms with van der Waals surface area (Å²) in [5.74, 6) is -0.432. The van der Waals surface area contributed by atoms with Gasteiger partial charge in [-0.05, 0) is 69.9 Å². The van der Waals surface area contributed by atoms with Crippen molar-refractivity contribution in [3.05, 3.63) is 40.4 Å². The van der Waals surface area contributed by atoms with Gasteiger partial charge in [0.2, 0.25) is 0 Å². The van der Waals surface area contributed by atoms with Gasteiger partial charge in [0, 0.05) is 11.4 Å². The van der Waals surface area contributed by atoms with Gasteiger partial charge < -0.3 is 19.1 Å². The molecule has 0 amide bonds. The van der Waals surface area contributed by atoms with E-state index in [-0.39, 0.29) is 6.61 Å². The monoisotopic (exact) mass is 403 g/mol. The predicted molar refractivity (Wildman–Crippen MR) is 109 cm³/mol. The average molecular weight is 404 g/mol. The minimum atomic E-state index is -2.67. The van der Waals surface area contributed by atoms with Gasteiger partial charge in [-0.3, -0.25) is 0 Å². The fourth-order valence-corrected chi connectivity index (χ4v) is 6.80. The Morgan fingerprint density at radius 3 is 2.16 bits per heavy atom. The molecular formula is C17H26NO4PS2. The Bertz CT molecular complexity index is 637. The molecule has 0 saturated carbocycles. The fraction of sp³-hybridized carbons (Fsp3) is 0.471. The lowest BCUT2D eigenvalue weighted by molar-refractivity contribution is -0.137. The molecule has 0 saturated heterocycles. The van der Waals surface area contributed by atoms with Gasteiger partial charge in [-0.2, -0.15) is 0 Å². The number of allylic oxidation sites excluding steroid dienone is 1. The van der Waals surface area contributed by atoms with E-state index in [1.54, 1.807) is 6.92 Å². The van der Waals surface area contributed by atoms with Crippen molar-refractivity contribution in [2.45, 2.75) is 34.6 Å². The van der Waals surface area contributed by atoms with Gasteiger partial charge in [0.1, 0.15) is 4.91 Å². The molecule has 25 heavy (non-hydrogen) atoms. The normalized spacial score (nSPS) is 12.5. The van der Waals surface area contributed by atoms with Crippen LogP contribution in [-0.4, -0.2) is 25.8 Å². The number of esters is 1. The van der Waals surface area contributed by atoms with Gasteiger partial charge in [0.15, 0.2) is 0 Å². The molecule has 0 aromatic heterocycles. The van der Waals surface area contributed by atoms with Crippen molar-refractivity contribution in [2.24, 2.45) is 0 Å². The van der Waals surface area contributed by atoms with Crippen LogP contribution in [0.5, 0.6) is 0 Å².